The third-order valence-electron chi connectivity index (χ3n) is 4.28. The summed E-state index contributed by atoms with van der Waals surface area (Å²) in [6, 6.07) is 9.24. The van der Waals surface area contributed by atoms with E-state index in [2.05, 4.69) is 10.5 Å². The highest BCUT2D eigenvalue weighted by atomic mass is 16.5. The van der Waals surface area contributed by atoms with Crippen LogP contribution in [0.4, 0.5) is 11.6 Å². The first-order valence-electron chi connectivity index (χ1n) is 7.83. The lowest BCUT2D eigenvalue weighted by atomic mass is 9.85. The molecule has 0 saturated heterocycles. The van der Waals surface area contributed by atoms with E-state index in [0.717, 1.165) is 11.3 Å². The highest BCUT2D eigenvalue weighted by Gasteiger charge is 2.33. The Morgan fingerprint density at radius 3 is 2.83 bits per heavy atom. The minimum atomic E-state index is -0.337. The molecule has 2 atom stereocenters. The van der Waals surface area contributed by atoms with Gasteiger partial charge in [0.25, 0.3) is 0 Å². The van der Waals surface area contributed by atoms with Crippen LogP contribution in [0.5, 0.6) is 0 Å². The molecule has 2 aromatic rings. The van der Waals surface area contributed by atoms with Crippen LogP contribution >= 0.6 is 0 Å². The predicted molar refractivity (Wildman–Crippen MR) is 89.7 cm³/mol. The maximum absolute atomic E-state index is 12.3. The van der Waals surface area contributed by atoms with Crippen LogP contribution in [-0.4, -0.2) is 29.6 Å². The van der Waals surface area contributed by atoms with Gasteiger partial charge in [-0.2, -0.15) is 0 Å². The molecule has 1 aliphatic heterocycles. The van der Waals surface area contributed by atoms with E-state index in [0.29, 0.717) is 18.0 Å². The Bertz CT molecular complexity index is 771. The average Bonchev–Trinajstić information content (AvgIpc) is 2.94. The summed E-state index contributed by atoms with van der Waals surface area (Å²) in [4.78, 5) is 26.0. The van der Waals surface area contributed by atoms with Crippen LogP contribution in [0.1, 0.15) is 30.5 Å². The number of carbonyl (C=O) groups excluding carboxylic acids is 2. The Hall–Kier alpha value is -2.83. The molecule has 0 saturated carbocycles. The van der Waals surface area contributed by atoms with E-state index < -0.39 is 0 Å². The molecule has 1 aliphatic rings. The molecule has 7 heteroatoms. The van der Waals surface area contributed by atoms with Gasteiger partial charge < -0.3 is 15.2 Å². The van der Waals surface area contributed by atoms with Crippen LogP contribution in [0.25, 0.3) is 0 Å². The number of hydrogen-bond acceptors (Lipinski definition) is 5. The number of nitrogens with zero attached hydrogens (tertiary/aromatic N) is 2. The third kappa shape index (κ3) is 3.10. The highest BCUT2D eigenvalue weighted by molar-refractivity contribution is 5.94. The van der Waals surface area contributed by atoms with Crippen LogP contribution in [0, 0.1) is 6.92 Å². The van der Waals surface area contributed by atoms with Gasteiger partial charge in [-0.05, 0) is 31.9 Å². The smallest absolute Gasteiger partial charge is 0.246 e. The number of anilines is 2. The maximum Gasteiger partial charge on any atom is 0.246 e. The Kier molecular flexibility index (Phi) is 4.24. The normalized spacial score (nSPS) is 19.7. The largest absolute Gasteiger partial charge is 0.369 e. The van der Waals surface area contributed by atoms with E-state index in [1.165, 1.54) is 0 Å². The van der Waals surface area contributed by atoms with Crippen molar-refractivity contribution in [2.45, 2.75) is 32.2 Å². The molecular formula is C17H20N4O3. The fourth-order valence-electron chi connectivity index (χ4n) is 3.14. The van der Waals surface area contributed by atoms with Gasteiger partial charge in [-0.25, -0.2) is 0 Å². The predicted octanol–water partition coefficient (Wildman–Crippen LogP) is 1.79. The molecule has 0 fully saturated rings. The van der Waals surface area contributed by atoms with Gasteiger partial charge in [0.2, 0.25) is 17.7 Å². The molecule has 0 spiro atoms. The summed E-state index contributed by atoms with van der Waals surface area (Å²) in [7, 11) is 0. The summed E-state index contributed by atoms with van der Waals surface area (Å²) < 4.78 is 5.01. The summed E-state index contributed by atoms with van der Waals surface area (Å²) in [5.41, 5.74) is 7.97. The lowest BCUT2D eigenvalue weighted by molar-refractivity contribution is -0.119. The first-order chi connectivity index (χ1) is 11.5. The van der Waals surface area contributed by atoms with Crippen LogP contribution in [0.15, 0.2) is 34.9 Å². The fraction of sp³-hybridized carbons (Fsp3) is 0.353. The molecule has 126 valence electrons. The molecule has 0 bridgehead atoms. The molecule has 0 aliphatic carbocycles. The average molecular weight is 328 g/mol. The molecule has 2 heterocycles. The lowest BCUT2D eigenvalue weighted by Crippen LogP contribution is -2.45. The van der Waals surface area contributed by atoms with Crippen LogP contribution in [-0.2, 0) is 9.59 Å². The number of nitrogens with two attached hydrogens (primary N) is 1. The quantitative estimate of drug-likeness (QED) is 0.891. The van der Waals surface area contributed by atoms with Gasteiger partial charge in [0.15, 0.2) is 0 Å². The highest BCUT2D eigenvalue weighted by Crippen LogP contribution is 2.37. The van der Waals surface area contributed by atoms with E-state index in [9.17, 15) is 9.59 Å². The Balaban J connectivity index is 1.80. The van der Waals surface area contributed by atoms with E-state index in [1.807, 2.05) is 36.1 Å². The van der Waals surface area contributed by atoms with Gasteiger partial charge in [0.05, 0.1) is 18.2 Å². The van der Waals surface area contributed by atoms with Crippen LogP contribution < -0.4 is 16.0 Å². The van der Waals surface area contributed by atoms with E-state index >= 15 is 0 Å². The molecule has 0 unspecified atom stereocenters. The van der Waals surface area contributed by atoms with E-state index in [-0.39, 0.29) is 30.3 Å². The molecule has 7 nitrogen and oxygen atoms in total. The molecule has 3 N–H and O–H groups in total. The topological polar surface area (TPSA) is 101 Å². The Morgan fingerprint density at radius 2 is 2.17 bits per heavy atom. The van der Waals surface area contributed by atoms with Gasteiger partial charge in [-0.1, -0.05) is 23.4 Å². The maximum atomic E-state index is 12.3. The number of amides is 2. The number of primary amides is 1. The first kappa shape index (κ1) is 16.0. The van der Waals surface area contributed by atoms with E-state index in [1.54, 1.807) is 13.0 Å². The number of nitrogens with one attached hydrogen (secondary N) is 1. The molecule has 0 radical (unpaired) electrons. The van der Waals surface area contributed by atoms with Crippen molar-refractivity contribution in [2.24, 2.45) is 5.73 Å². The zero-order valence-corrected chi connectivity index (χ0v) is 13.7. The van der Waals surface area contributed by atoms with Crippen molar-refractivity contribution >= 4 is 23.4 Å². The van der Waals surface area contributed by atoms with Gasteiger partial charge >= 0.3 is 0 Å². The SMILES string of the molecule is Cc1cc(NC(=O)CN2c3ccccc3[C@@H](C(N)=O)C[C@H]2C)on1. The number of fused-ring (bicyclic) bond motifs is 1. The molecule has 24 heavy (non-hydrogen) atoms. The summed E-state index contributed by atoms with van der Waals surface area (Å²) in [6.07, 6.45) is 0.584. The fourth-order valence-corrected chi connectivity index (χ4v) is 3.14. The summed E-state index contributed by atoms with van der Waals surface area (Å²) in [5.74, 6) is -0.543. The summed E-state index contributed by atoms with van der Waals surface area (Å²) in [5, 5.41) is 6.44. The molecule has 2 amide bonds. The van der Waals surface area contributed by atoms with Crippen molar-refractivity contribution in [2.75, 3.05) is 16.8 Å². The minimum absolute atomic E-state index is 0.0135. The molecule has 1 aromatic carbocycles. The summed E-state index contributed by atoms with van der Waals surface area (Å²) >= 11 is 0. The van der Waals surface area contributed by atoms with Crippen molar-refractivity contribution in [1.82, 2.24) is 5.16 Å². The zero-order chi connectivity index (χ0) is 17.3. The van der Waals surface area contributed by atoms with Crippen molar-refractivity contribution < 1.29 is 14.1 Å². The molecule has 1 aromatic heterocycles. The number of aromatic nitrogens is 1. The minimum Gasteiger partial charge on any atom is -0.369 e. The van der Waals surface area contributed by atoms with Gasteiger partial charge in [0.1, 0.15) is 0 Å². The second kappa shape index (κ2) is 6.35. The monoisotopic (exact) mass is 328 g/mol. The van der Waals surface area contributed by atoms with Gasteiger partial charge in [0, 0.05) is 17.8 Å². The Labute approximate surface area is 139 Å². The van der Waals surface area contributed by atoms with Gasteiger partial charge in [-0.15, -0.1) is 0 Å². The van der Waals surface area contributed by atoms with Crippen LogP contribution in [0.2, 0.25) is 0 Å². The molecular weight excluding hydrogens is 308 g/mol. The van der Waals surface area contributed by atoms with Crippen molar-refractivity contribution in [3.8, 4) is 0 Å². The first-order valence-corrected chi connectivity index (χ1v) is 7.83. The van der Waals surface area contributed by atoms with Crippen LogP contribution in [0.3, 0.4) is 0 Å². The van der Waals surface area contributed by atoms with Gasteiger partial charge in [-0.3, -0.25) is 14.9 Å². The number of hydrogen-bond donors (Lipinski definition) is 2. The van der Waals surface area contributed by atoms with Crippen molar-refractivity contribution in [3.05, 3.63) is 41.6 Å². The third-order valence-corrected chi connectivity index (χ3v) is 4.28. The number of para-hydroxylation sites is 1. The second-order valence-corrected chi connectivity index (χ2v) is 6.11. The summed E-state index contributed by atoms with van der Waals surface area (Å²) in [6.45, 7) is 3.92. The number of carbonyl (C=O) groups is 2. The molecule has 3 rings (SSSR count). The standard InChI is InChI=1S/C17H20N4O3/c1-10-7-16(24-20-10)19-15(22)9-21-11(2)8-13(17(18)23)12-5-3-4-6-14(12)21/h3-7,11,13H,8-9H2,1-2H3,(H2,18,23)(H,19,22)/t11-,13+/m1/s1. The van der Waals surface area contributed by atoms with Crippen molar-refractivity contribution in [1.29, 1.82) is 0 Å². The Morgan fingerprint density at radius 1 is 1.42 bits per heavy atom. The van der Waals surface area contributed by atoms with E-state index in [4.69, 9.17) is 10.3 Å². The lowest BCUT2D eigenvalue weighted by Gasteiger charge is -2.39. The number of aryl methyl sites for hydroxylation is 1. The number of benzene rings is 1. The number of rotatable bonds is 4. The van der Waals surface area contributed by atoms with Crippen molar-refractivity contribution in [3.63, 3.8) is 0 Å². The second-order valence-electron chi connectivity index (χ2n) is 6.11. The zero-order valence-electron chi connectivity index (χ0n) is 13.7.